The van der Waals surface area contributed by atoms with Crippen LogP contribution in [0.2, 0.25) is 0 Å². The molecular weight excluding hydrogens is 212 g/mol. The molecule has 92 valence electrons. The van der Waals surface area contributed by atoms with Crippen molar-refractivity contribution in [2.75, 3.05) is 6.61 Å². The zero-order chi connectivity index (χ0) is 11.9. The summed E-state index contributed by atoms with van der Waals surface area (Å²) in [5.41, 5.74) is 0.897. The van der Waals surface area contributed by atoms with Crippen molar-refractivity contribution in [2.45, 2.75) is 39.0 Å². The summed E-state index contributed by atoms with van der Waals surface area (Å²) in [6, 6.07) is 9.94. The molecule has 0 unspecified atom stereocenters. The van der Waals surface area contributed by atoms with Gasteiger partial charge >= 0.3 is 0 Å². The molecule has 17 heavy (non-hydrogen) atoms. The third-order valence-corrected chi connectivity index (χ3v) is 2.90. The van der Waals surface area contributed by atoms with Gasteiger partial charge < -0.3 is 9.15 Å². The van der Waals surface area contributed by atoms with Crippen molar-refractivity contribution >= 4 is 11.0 Å². The third kappa shape index (κ3) is 3.52. The molecule has 0 saturated heterocycles. The first kappa shape index (κ1) is 12.0. The molecule has 0 aliphatic heterocycles. The van der Waals surface area contributed by atoms with Gasteiger partial charge in [-0.15, -0.1) is 0 Å². The van der Waals surface area contributed by atoms with E-state index in [1.54, 1.807) is 0 Å². The van der Waals surface area contributed by atoms with Crippen LogP contribution in [0, 0.1) is 0 Å². The topological polar surface area (TPSA) is 22.4 Å². The summed E-state index contributed by atoms with van der Waals surface area (Å²) in [4.78, 5) is 0. The van der Waals surface area contributed by atoms with Gasteiger partial charge in [0.05, 0.1) is 6.61 Å². The lowest BCUT2D eigenvalue weighted by Crippen LogP contribution is -1.95. The summed E-state index contributed by atoms with van der Waals surface area (Å²) in [6.45, 7) is 2.98. The van der Waals surface area contributed by atoms with Crippen molar-refractivity contribution in [3.8, 4) is 5.95 Å². The van der Waals surface area contributed by atoms with Crippen LogP contribution in [-0.2, 0) is 0 Å². The molecule has 0 radical (unpaired) electrons. The Bertz CT molecular complexity index is 412. The lowest BCUT2D eigenvalue weighted by Gasteiger charge is -2.01. The highest BCUT2D eigenvalue weighted by atomic mass is 16.6. The van der Waals surface area contributed by atoms with Gasteiger partial charge in [-0.05, 0) is 12.5 Å². The summed E-state index contributed by atoms with van der Waals surface area (Å²) in [5, 5.41) is 1.11. The zero-order valence-corrected chi connectivity index (χ0v) is 10.4. The van der Waals surface area contributed by atoms with Crippen LogP contribution in [-0.4, -0.2) is 6.61 Å². The normalized spacial score (nSPS) is 10.9. The minimum atomic E-state index is 0.640. The van der Waals surface area contributed by atoms with Gasteiger partial charge in [-0.1, -0.05) is 50.8 Å². The molecule has 2 rings (SSSR count). The highest BCUT2D eigenvalue weighted by Gasteiger charge is 2.02. The van der Waals surface area contributed by atoms with Gasteiger partial charge in [0.1, 0.15) is 5.58 Å². The van der Waals surface area contributed by atoms with Crippen LogP contribution < -0.4 is 4.74 Å². The van der Waals surface area contributed by atoms with E-state index in [0.29, 0.717) is 5.95 Å². The fourth-order valence-electron chi connectivity index (χ4n) is 1.91. The average Bonchev–Trinajstić information content (AvgIpc) is 2.76. The summed E-state index contributed by atoms with van der Waals surface area (Å²) >= 11 is 0. The molecule has 0 saturated carbocycles. The maximum Gasteiger partial charge on any atom is 0.285 e. The van der Waals surface area contributed by atoms with E-state index >= 15 is 0 Å². The van der Waals surface area contributed by atoms with Crippen LogP contribution in [0.15, 0.2) is 34.7 Å². The van der Waals surface area contributed by atoms with E-state index in [0.717, 1.165) is 24.0 Å². The smallest absolute Gasteiger partial charge is 0.285 e. The average molecular weight is 232 g/mol. The first-order valence-electron chi connectivity index (χ1n) is 6.51. The molecule has 0 bridgehead atoms. The largest absolute Gasteiger partial charge is 0.465 e. The van der Waals surface area contributed by atoms with Crippen LogP contribution in [0.5, 0.6) is 5.95 Å². The van der Waals surface area contributed by atoms with Crippen molar-refractivity contribution < 1.29 is 9.15 Å². The van der Waals surface area contributed by atoms with Gasteiger partial charge in [-0.3, -0.25) is 0 Å². The van der Waals surface area contributed by atoms with Gasteiger partial charge in [0, 0.05) is 11.5 Å². The summed E-state index contributed by atoms with van der Waals surface area (Å²) in [6.07, 6.45) is 6.26. The Kier molecular flexibility index (Phi) is 4.48. The lowest BCUT2D eigenvalue weighted by molar-refractivity contribution is 0.242. The van der Waals surface area contributed by atoms with E-state index in [2.05, 4.69) is 6.92 Å². The summed E-state index contributed by atoms with van der Waals surface area (Å²) in [5.74, 6) is 0.640. The Balaban J connectivity index is 1.75. The highest BCUT2D eigenvalue weighted by Crippen LogP contribution is 2.24. The number of rotatable bonds is 7. The van der Waals surface area contributed by atoms with Gasteiger partial charge in [0.2, 0.25) is 0 Å². The van der Waals surface area contributed by atoms with Crippen molar-refractivity contribution in [1.29, 1.82) is 0 Å². The lowest BCUT2D eigenvalue weighted by atomic mass is 10.2. The molecule has 0 aliphatic rings. The van der Waals surface area contributed by atoms with Crippen molar-refractivity contribution in [3.63, 3.8) is 0 Å². The van der Waals surface area contributed by atoms with Crippen LogP contribution in [0.1, 0.15) is 39.0 Å². The fraction of sp³-hybridized carbons (Fsp3) is 0.467. The molecule has 0 fully saturated rings. The van der Waals surface area contributed by atoms with Crippen molar-refractivity contribution in [2.24, 2.45) is 0 Å². The number of para-hydroxylation sites is 1. The Morgan fingerprint density at radius 2 is 1.88 bits per heavy atom. The van der Waals surface area contributed by atoms with E-state index in [1.165, 1.54) is 25.7 Å². The number of benzene rings is 1. The van der Waals surface area contributed by atoms with Crippen LogP contribution in [0.25, 0.3) is 11.0 Å². The van der Waals surface area contributed by atoms with E-state index in [4.69, 9.17) is 9.15 Å². The molecule has 2 aromatic rings. The molecule has 0 amide bonds. The number of ether oxygens (including phenoxy) is 1. The first-order chi connectivity index (χ1) is 8.40. The molecule has 0 spiro atoms. The maximum absolute atomic E-state index is 5.60. The van der Waals surface area contributed by atoms with Gasteiger partial charge in [-0.25, -0.2) is 0 Å². The minimum absolute atomic E-state index is 0.640. The molecule has 1 aromatic heterocycles. The molecular formula is C15H20O2. The van der Waals surface area contributed by atoms with Crippen LogP contribution >= 0.6 is 0 Å². The Morgan fingerprint density at radius 1 is 1.06 bits per heavy atom. The second kappa shape index (κ2) is 6.33. The van der Waals surface area contributed by atoms with Crippen LogP contribution in [0.3, 0.4) is 0 Å². The molecule has 0 atom stereocenters. The molecule has 2 heteroatoms. The SMILES string of the molecule is CCCCCCCOc1cc2ccccc2o1. The zero-order valence-electron chi connectivity index (χ0n) is 10.4. The monoisotopic (exact) mass is 232 g/mol. The Labute approximate surface area is 103 Å². The standard InChI is InChI=1S/C15H20O2/c1-2-3-4-5-8-11-16-15-12-13-9-6-7-10-14(13)17-15/h6-7,9-10,12H,2-5,8,11H2,1H3. The van der Waals surface area contributed by atoms with Gasteiger partial charge in [0.15, 0.2) is 0 Å². The van der Waals surface area contributed by atoms with Gasteiger partial charge in [0.25, 0.3) is 5.95 Å². The predicted molar refractivity (Wildman–Crippen MR) is 70.5 cm³/mol. The first-order valence-corrected chi connectivity index (χ1v) is 6.51. The number of fused-ring (bicyclic) bond motifs is 1. The Hall–Kier alpha value is -1.44. The molecule has 1 aromatic carbocycles. The highest BCUT2D eigenvalue weighted by molar-refractivity contribution is 5.78. The Morgan fingerprint density at radius 3 is 2.71 bits per heavy atom. The molecule has 2 nitrogen and oxygen atoms in total. The maximum atomic E-state index is 5.60. The molecule has 0 aliphatic carbocycles. The van der Waals surface area contributed by atoms with E-state index in [9.17, 15) is 0 Å². The second-order valence-corrected chi connectivity index (χ2v) is 4.37. The number of hydrogen-bond acceptors (Lipinski definition) is 2. The van der Waals surface area contributed by atoms with Crippen molar-refractivity contribution in [1.82, 2.24) is 0 Å². The van der Waals surface area contributed by atoms with E-state index in [-0.39, 0.29) is 0 Å². The second-order valence-electron chi connectivity index (χ2n) is 4.37. The van der Waals surface area contributed by atoms with Gasteiger partial charge in [-0.2, -0.15) is 0 Å². The quantitative estimate of drug-likeness (QED) is 0.641. The number of furan rings is 1. The number of hydrogen-bond donors (Lipinski definition) is 0. The summed E-state index contributed by atoms with van der Waals surface area (Å²) < 4.78 is 11.2. The van der Waals surface area contributed by atoms with E-state index in [1.807, 2.05) is 30.3 Å². The van der Waals surface area contributed by atoms with E-state index < -0.39 is 0 Å². The fourth-order valence-corrected chi connectivity index (χ4v) is 1.91. The summed E-state index contributed by atoms with van der Waals surface area (Å²) in [7, 11) is 0. The van der Waals surface area contributed by atoms with Crippen LogP contribution in [0.4, 0.5) is 0 Å². The van der Waals surface area contributed by atoms with Crippen molar-refractivity contribution in [3.05, 3.63) is 30.3 Å². The third-order valence-electron chi connectivity index (χ3n) is 2.90. The molecule has 0 N–H and O–H groups in total. The molecule has 1 heterocycles. The minimum Gasteiger partial charge on any atom is -0.465 e. The number of unbranched alkanes of at least 4 members (excludes halogenated alkanes) is 4. The predicted octanol–water partition coefficient (Wildman–Crippen LogP) is 4.78.